The lowest BCUT2D eigenvalue weighted by Gasteiger charge is -2.30. The minimum Gasteiger partial charge on any atom is -0.378 e. The van der Waals surface area contributed by atoms with Crippen LogP contribution < -0.4 is 15.5 Å². The summed E-state index contributed by atoms with van der Waals surface area (Å²) in [6.07, 6.45) is 0.874. The van der Waals surface area contributed by atoms with Gasteiger partial charge in [-0.3, -0.25) is 4.79 Å². The van der Waals surface area contributed by atoms with Gasteiger partial charge in [0.05, 0.1) is 31.1 Å². The van der Waals surface area contributed by atoms with Crippen LogP contribution in [0.5, 0.6) is 0 Å². The van der Waals surface area contributed by atoms with Crippen molar-refractivity contribution >= 4 is 34.6 Å². The van der Waals surface area contributed by atoms with Crippen molar-refractivity contribution in [1.29, 1.82) is 0 Å². The second-order valence-electron chi connectivity index (χ2n) is 6.17. The molecule has 1 aliphatic rings. The van der Waals surface area contributed by atoms with Crippen LogP contribution >= 0.6 is 11.6 Å². The second-order valence-corrected chi connectivity index (χ2v) is 6.61. The van der Waals surface area contributed by atoms with E-state index in [1.165, 1.54) is 0 Å². The number of hydrogen-bond acceptors (Lipinski definition) is 4. The Kier molecular flexibility index (Phi) is 6.36. The van der Waals surface area contributed by atoms with Gasteiger partial charge in [-0.25, -0.2) is 0 Å². The Morgan fingerprint density at radius 3 is 2.69 bits per heavy atom. The molecule has 0 spiro atoms. The maximum absolute atomic E-state index is 12.4. The van der Waals surface area contributed by atoms with Crippen molar-refractivity contribution in [1.82, 2.24) is 0 Å². The number of rotatable bonds is 6. The summed E-state index contributed by atoms with van der Waals surface area (Å²) in [5.41, 5.74) is 3.89. The van der Waals surface area contributed by atoms with Gasteiger partial charge in [0.15, 0.2) is 0 Å². The topological polar surface area (TPSA) is 53.6 Å². The molecule has 6 heteroatoms. The van der Waals surface area contributed by atoms with Crippen LogP contribution in [0.25, 0.3) is 0 Å². The minimum atomic E-state index is -0.0844. The first-order valence-electron chi connectivity index (χ1n) is 8.91. The third kappa shape index (κ3) is 4.68. The highest BCUT2D eigenvalue weighted by Gasteiger charge is 2.16. The highest BCUT2D eigenvalue weighted by Crippen LogP contribution is 2.29. The van der Waals surface area contributed by atoms with Gasteiger partial charge in [0.25, 0.3) is 0 Å². The van der Waals surface area contributed by atoms with Gasteiger partial charge in [0.2, 0.25) is 5.91 Å². The van der Waals surface area contributed by atoms with E-state index in [0.29, 0.717) is 18.2 Å². The zero-order valence-electron chi connectivity index (χ0n) is 14.9. The normalized spacial score (nSPS) is 14.2. The first-order chi connectivity index (χ1) is 12.7. The standard InChI is InChI=1S/C20H24ClN3O2/c1-2-15-5-3-4-6-17(15)23-20(25)14-22-18-13-16(21)7-8-19(18)24-9-11-26-12-10-24/h3-8,13,22H,2,9-12,14H2,1H3,(H,23,25). The van der Waals surface area contributed by atoms with Crippen molar-refractivity contribution in [2.75, 3.05) is 48.4 Å². The number of aryl methyl sites for hydroxylation is 1. The number of nitrogens with zero attached hydrogens (tertiary/aromatic N) is 1. The fourth-order valence-corrected chi connectivity index (χ4v) is 3.22. The SMILES string of the molecule is CCc1ccccc1NC(=O)CNc1cc(Cl)ccc1N1CCOCC1. The van der Waals surface area contributed by atoms with E-state index in [4.69, 9.17) is 16.3 Å². The molecule has 138 valence electrons. The van der Waals surface area contributed by atoms with E-state index >= 15 is 0 Å². The fourth-order valence-electron chi connectivity index (χ4n) is 3.05. The van der Waals surface area contributed by atoms with Gasteiger partial charge in [0.1, 0.15) is 0 Å². The van der Waals surface area contributed by atoms with Gasteiger partial charge < -0.3 is 20.3 Å². The number of carbonyl (C=O) groups is 1. The Morgan fingerprint density at radius 2 is 1.92 bits per heavy atom. The molecule has 0 aliphatic carbocycles. The summed E-state index contributed by atoms with van der Waals surface area (Å²) in [6.45, 7) is 5.31. The Hall–Kier alpha value is -2.24. The number of nitrogens with one attached hydrogen (secondary N) is 2. The van der Waals surface area contributed by atoms with Crippen molar-refractivity contribution in [2.24, 2.45) is 0 Å². The number of morpholine rings is 1. The van der Waals surface area contributed by atoms with Crippen molar-refractivity contribution in [2.45, 2.75) is 13.3 Å². The van der Waals surface area contributed by atoms with E-state index in [1.54, 1.807) is 0 Å². The molecule has 0 unspecified atom stereocenters. The highest BCUT2D eigenvalue weighted by atomic mass is 35.5. The second kappa shape index (κ2) is 8.92. The molecular weight excluding hydrogens is 350 g/mol. The van der Waals surface area contributed by atoms with Gasteiger partial charge in [-0.1, -0.05) is 36.7 Å². The van der Waals surface area contributed by atoms with Crippen molar-refractivity contribution < 1.29 is 9.53 Å². The van der Waals surface area contributed by atoms with Gasteiger partial charge in [-0.2, -0.15) is 0 Å². The van der Waals surface area contributed by atoms with E-state index in [1.807, 2.05) is 42.5 Å². The summed E-state index contributed by atoms with van der Waals surface area (Å²) < 4.78 is 5.42. The number of halogens is 1. The van der Waals surface area contributed by atoms with Gasteiger partial charge in [-0.15, -0.1) is 0 Å². The molecule has 0 saturated carbocycles. The smallest absolute Gasteiger partial charge is 0.243 e. The zero-order chi connectivity index (χ0) is 18.4. The largest absolute Gasteiger partial charge is 0.378 e. The summed E-state index contributed by atoms with van der Waals surface area (Å²) in [7, 11) is 0. The number of ether oxygens (including phenoxy) is 1. The van der Waals surface area contributed by atoms with Crippen molar-refractivity contribution in [3.63, 3.8) is 0 Å². The molecule has 1 saturated heterocycles. The predicted molar refractivity (Wildman–Crippen MR) is 107 cm³/mol. The van der Waals surface area contributed by atoms with E-state index in [0.717, 1.165) is 42.1 Å². The van der Waals surface area contributed by atoms with Gasteiger partial charge in [-0.05, 0) is 36.2 Å². The van der Waals surface area contributed by atoms with E-state index in [-0.39, 0.29) is 12.5 Å². The van der Waals surface area contributed by atoms with Crippen LogP contribution in [0.1, 0.15) is 12.5 Å². The number of amides is 1. The maximum Gasteiger partial charge on any atom is 0.243 e. The Balaban J connectivity index is 1.67. The molecule has 0 atom stereocenters. The maximum atomic E-state index is 12.4. The quantitative estimate of drug-likeness (QED) is 0.808. The Labute approximate surface area is 159 Å². The lowest BCUT2D eigenvalue weighted by molar-refractivity contribution is -0.114. The first kappa shape index (κ1) is 18.5. The molecule has 1 aliphatic heterocycles. The Bertz CT molecular complexity index is 760. The minimum absolute atomic E-state index is 0.0844. The van der Waals surface area contributed by atoms with Crippen LogP contribution in [0, 0.1) is 0 Å². The molecule has 2 aromatic carbocycles. The van der Waals surface area contributed by atoms with Crippen LogP contribution in [0.3, 0.4) is 0 Å². The molecule has 0 radical (unpaired) electrons. The molecule has 26 heavy (non-hydrogen) atoms. The van der Waals surface area contributed by atoms with Crippen LogP contribution in [0.15, 0.2) is 42.5 Å². The molecule has 0 bridgehead atoms. The molecule has 2 aromatic rings. The number of benzene rings is 2. The van der Waals surface area contributed by atoms with Crippen molar-refractivity contribution in [3.8, 4) is 0 Å². The number of anilines is 3. The summed E-state index contributed by atoms with van der Waals surface area (Å²) in [5, 5.41) is 6.85. The first-order valence-corrected chi connectivity index (χ1v) is 9.29. The van der Waals surface area contributed by atoms with E-state index < -0.39 is 0 Å². The molecule has 1 heterocycles. The Morgan fingerprint density at radius 1 is 1.15 bits per heavy atom. The third-order valence-electron chi connectivity index (χ3n) is 4.42. The molecule has 2 N–H and O–H groups in total. The molecule has 5 nitrogen and oxygen atoms in total. The van der Waals surface area contributed by atoms with Gasteiger partial charge in [0, 0.05) is 23.8 Å². The summed E-state index contributed by atoms with van der Waals surface area (Å²) >= 11 is 6.16. The lowest BCUT2D eigenvalue weighted by atomic mass is 10.1. The molecule has 1 amide bonds. The lowest BCUT2D eigenvalue weighted by Crippen LogP contribution is -2.36. The number of hydrogen-bond donors (Lipinski definition) is 2. The van der Waals surface area contributed by atoms with E-state index in [9.17, 15) is 4.79 Å². The van der Waals surface area contributed by atoms with Gasteiger partial charge >= 0.3 is 0 Å². The molecule has 1 fully saturated rings. The number of para-hydroxylation sites is 1. The van der Waals surface area contributed by atoms with Crippen LogP contribution in [-0.2, 0) is 16.0 Å². The molecular formula is C20H24ClN3O2. The monoisotopic (exact) mass is 373 g/mol. The molecule has 0 aromatic heterocycles. The van der Waals surface area contributed by atoms with E-state index in [2.05, 4.69) is 22.5 Å². The van der Waals surface area contributed by atoms with Crippen LogP contribution in [0.4, 0.5) is 17.1 Å². The predicted octanol–water partition coefficient (Wildman–Crippen LogP) is 3.79. The summed E-state index contributed by atoms with van der Waals surface area (Å²) in [5.74, 6) is -0.0844. The summed E-state index contributed by atoms with van der Waals surface area (Å²) in [6, 6.07) is 13.6. The molecule has 3 rings (SSSR count). The third-order valence-corrected chi connectivity index (χ3v) is 4.66. The van der Waals surface area contributed by atoms with Crippen molar-refractivity contribution in [3.05, 3.63) is 53.1 Å². The van der Waals surface area contributed by atoms with Crippen LogP contribution in [0.2, 0.25) is 5.02 Å². The highest BCUT2D eigenvalue weighted by molar-refractivity contribution is 6.31. The average Bonchev–Trinajstić information content (AvgIpc) is 2.67. The number of carbonyl (C=O) groups excluding carboxylic acids is 1. The zero-order valence-corrected chi connectivity index (χ0v) is 15.7. The summed E-state index contributed by atoms with van der Waals surface area (Å²) in [4.78, 5) is 14.6. The average molecular weight is 374 g/mol. The van der Waals surface area contributed by atoms with Crippen LogP contribution in [-0.4, -0.2) is 38.8 Å². The fraction of sp³-hybridized carbons (Fsp3) is 0.350.